The quantitative estimate of drug-likeness (QED) is 0.499. The molecule has 1 atom stereocenters. The molecule has 2 aromatic carbocycles. The van der Waals surface area contributed by atoms with Crippen LogP contribution in [-0.4, -0.2) is 20.0 Å². The Morgan fingerprint density at radius 3 is 2.55 bits per heavy atom. The first-order chi connectivity index (χ1) is 13.9. The van der Waals surface area contributed by atoms with Crippen molar-refractivity contribution in [1.29, 1.82) is 0 Å². The van der Waals surface area contributed by atoms with Gasteiger partial charge in [-0.25, -0.2) is 0 Å². The van der Waals surface area contributed by atoms with Crippen molar-refractivity contribution in [2.45, 2.75) is 16.6 Å². The number of halogens is 1. The summed E-state index contributed by atoms with van der Waals surface area (Å²) in [5, 5.41) is 10.8. The van der Waals surface area contributed by atoms with Crippen molar-refractivity contribution >= 4 is 51.3 Å². The topological polar surface area (TPSA) is 59.5 Å². The van der Waals surface area contributed by atoms with Crippen LogP contribution in [0.25, 0.3) is 0 Å². The summed E-state index contributed by atoms with van der Waals surface area (Å²) >= 11 is 10.4. The van der Waals surface area contributed by atoms with Crippen LogP contribution in [0.5, 0.6) is 5.88 Å². The molecule has 0 amide bonds. The van der Waals surface area contributed by atoms with E-state index < -0.39 is 0 Å². The molecule has 5 nitrogen and oxygen atoms in total. The highest BCUT2D eigenvalue weighted by molar-refractivity contribution is 9.10. The molecule has 1 N–H and O–H groups in total. The number of thioether (sulfide) groups is 1. The highest BCUT2D eigenvalue weighted by Gasteiger charge is 2.27. The molecule has 1 aliphatic heterocycles. The second-order valence-electron chi connectivity index (χ2n) is 6.79. The molecule has 0 spiro atoms. The number of rotatable bonds is 2. The molecule has 1 aromatic heterocycles. The summed E-state index contributed by atoms with van der Waals surface area (Å²) in [4.78, 5) is 18.8. The van der Waals surface area contributed by atoms with Crippen molar-refractivity contribution in [3.05, 3.63) is 79.3 Å². The fraction of sp³-hybridized carbons (Fsp3) is 0.190. The normalized spacial score (nSPS) is 16.1. The largest absolute Gasteiger partial charge is 0.494 e. The third-order valence-electron chi connectivity index (χ3n) is 4.93. The van der Waals surface area contributed by atoms with Crippen molar-refractivity contribution in [2.75, 3.05) is 0 Å². The van der Waals surface area contributed by atoms with Crippen molar-refractivity contribution < 1.29 is 5.11 Å². The Hall–Kier alpha value is -2.16. The molecule has 0 saturated carbocycles. The Morgan fingerprint density at radius 2 is 1.83 bits per heavy atom. The number of fused-ring (bicyclic) bond motifs is 1. The number of aliphatic imine (C=N–C) groups is 1. The summed E-state index contributed by atoms with van der Waals surface area (Å²) < 4.78 is 4.07. The monoisotopic (exact) mass is 487 g/mol. The standard InChI is InChI=1S/C21H18BrN3O2S2/c1-24-19(26)18(20(27)25(2)21(24)28)15-11-17(12-7-9-13(22)10-8-12)29-16-6-4-3-5-14(16)23-15/h3-10,17,26H,11H2,1-2H3. The van der Waals surface area contributed by atoms with Gasteiger partial charge < -0.3 is 5.11 Å². The van der Waals surface area contributed by atoms with Gasteiger partial charge in [0, 0.05) is 35.1 Å². The Kier molecular flexibility index (Phi) is 5.50. The van der Waals surface area contributed by atoms with Crippen LogP contribution < -0.4 is 5.56 Å². The van der Waals surface area contributed by atoms with Gasteiger partial charge in [0.15, 0.2) is 4.77 Å². The van der Waals surface area contributed by atoms with Crippen molar-refractivity contribution in [3.63, 3.8) is 0 Å². The summed E-state index contributed by atoms with van der Waals surface area (Å²) in [6.07, 6.45) is 0.501. The predicted molar refractivity (Wildman–Crippen MR) is 123 cm³/mol. The van der Waals surface area contributed by atoms with Crippen LogP contribution in [0.3, 0.4) is 0 Å². The molecule has 3 aromatic rings. The zero-order chi connectivity index (χ0) is 20.7. The second-order valence-corrected chi connectivity index (χ2v) is 9.32. The molecule has 0 fully saturated rings. The van der Waals surface area contributed by atoms with Crippen molar-refractivity contribution in [3.8, 4) is 5.88 Å². The van der Waals surface area contributed by atoms with Crippen LogP contribution in [0.2, 0.25) is 0 Å². The molecule has 0 radical (unpaired) electrons. The van der Waals surface area contributed by atoms with E-state index >= 15 is 0 Å². The minimum absolute atomic E-state index is 0.0445. The van der Waals surface area contributed by atoms with E-state index in [0.717, 1.165) is 20.6 Å². The first kappa shape index (κ1) is 20.1. The maximum absolute atomic E-state index is 13.0. The zero-order valence-corrected chi connectivity index (χ0v) is 19.0. The number of aromatic hydroxyl groups is 1. The average molecular weight is 488 g/mol. The molecule has 148 valence electrons. The van der Waals surface area contributed by atoms with Gasteiger partial charge in [-0.15, -0.1) is 11.8 Å². The van der Waals surface area contributed by atoms with Crippen LogP contribution in [0.1, 0.15) is 22.8 Å². The van der Waals surface area contributed by atoms with Gasteiger partial charge in [0.05, 0.1) is 11.4 Å². The molecule has 0 saturated heterocycles. The Bertz CT molecular complexity index is 1250. The molecule has 1 aliphatic rings. The van der Waals surface area contributed by atoms with Crippen LogP contribution in [0.4, 0.5) is 5.69 Å². The number of hydrogen-bond donors (Lipinski definition) is 1. The van der Waals surface area contributed by atoms with E-state index in [-0.39, 0.29) is 27.0 Å². The smallest absolute Gasteiger partial charge is 0.267 e. The third-order valence-corrected chi connectivity index (χ3v) is 7.33. The molecule has 4 rings (SSSR count). The summed E-state index contributed by atoms with van der Waals surface area (Å²) in [7, 11) is 3.26. The van der Waals surface area contributed by atoms with Crippen LogP contribution in [0.15, 0.2) is 67.7 Å². The number of nitrogens with zero attached hydrogens (tertiary/aromatic N) is 3. The minimum Gasteiger partial charge on any atom is -0.494 e. The van der Waals surface area contributed by atoms with Gasteiger partial charge in [-0.2, -0.15) is 0 Å². The Morgan fingerprint density at radius 1 is 1.14 bits per heavy atom. The zero-order valence-electron chi connectivity index (χ0n) is 15.8. The first-order valence-corrected chi connectivity index (χ1v) is 11.0. The Balaban J connectivity index is 1.93. The van der Waals surface area contributed by atoms with Gasteiger partial charge in [-0.3, -0.25) is 18.9 Å². The van der Waals surface area contributed by atoms with E-state index in [1.165, 1.54) is 9.13 Å². The van der Waals surface area contributed by atoms with Crippen LogP contribution in [-0.2, 0) is 14.1 Å². The van der Waals surface area contributed by atoms with Crippen molar-refractivity contribution in [2.24, 2.45) is 19.1 Å². The lowest BCUT2D eigenvalue weighted by Gasteiger charge is -2.17. The molecule has 0 bridgehead atoms. The van der Waals surface area contributed by atoms with Gasteiger partial charge in [-0.1, -0.05) is 40.2 Å². The minimum atomic E-state index is -0.344. The highest BCUT2D eigenvalue weighted by atomic mass is 79.9. The lowest BCUT2D eigenvalue weighted by Crippen LogP contribution is -2.29. The molecule has 1 unspecified atom stereocenters. The fourth-order valence-electron chi connectivity index (χ4n) is 3.32. The molecule has 2 heterocycles. The maximum atomic E-state index is 13.0. The average Bonchev–Trinajstić information content (AvgIpc) is 2.91. The summed E-state index contributed by atoms with van der Waals surface area (Å²) in [5.41, 5.74) is 2.33. The molecule has 0 aliphatic carbocycles. The molecule has 8 heteroatoms. The van der Waals surface area contributed by atoms with Gasteiger partial charge >= 0.3 is 0 Å². The fourth-order valence-corrected chi connectivity index (χ4v) is 4.98. The van der Waals surface area contributed by atoms with Gasteiger partial charge in [-0.05, 0) is 42.0 Å². The number of aromatic nitrogens is 2. The number of para-hydroxylation sites is 1. The van der Waals surface area contributed by atoms with Crippen molar-refractivity contribution in [1.82, 2.24) is 9.13 Å². The maximum Gasteiger partial charge on any atom is 0.267 e. The lowest BCUT2D eigenvalue weighted by molar-refractivity contribution is 0.414. The van der Waals surface area contributed by atoms with E-state index in [9.17, 15) is 9.90 Å². The summed E-state index contributed by atoms with van der Waals surface area (Å²) in [5.74, 6) is -0.157. The highest BCUT2D eigenvalue weighted by Crippen LogP contribution is 2.45. The number of hydrogen-bond acceptors (Lipinski definition) is 5. The van der Waals surface area contributed by atoms with Crippen LogP contribution >= 0.6 is 39.9 Å². The van der Waals surface area contributed by atoms with E-state index in [0.29, 0.717) is 12.1 Å². The number of benzene rings is 2. The van der Waals surface area contributed by atoms with Gasteiger partial charge in [0.25, 0.3) is 5.56 Å². The first-order valence-electron chi connectivity index (χ1n) is 8.95. The van der Waals surface area contributed by atoms with Gasteiger partial charge in [0.2, 0.25) is 5.88 Å². The van der Waals surface area contributed by atoms with E-state index in [1.807, 2.05) is 36.4 Å². The predicted octanol–water partition coefficient (Wildman–Crippen LogP) is 5.28. The third kappa shape index (κ3) is 3.72. The summed E-state index contributed by atoms with van der Waals surface area (Å²) in [6, 6.07) is 16.0. The molecular weight excluding hydrogens is 470 g/mol. The lowest BCUT2D eigenvalue weighted by atomic mass is 10.0. The van der Waals surface area contributed by atoms with Gasteiger partial charge in [0.1, 0.15) is 5.56 Å². The summed E-state index contributed by atoms with van der Waals surface area (Å²) in [6.45, 7) is 0. The SMILES string of the molecule is Cn1c(O)c(C2=Nc3ccccc3SC(c3ccc(Br)cc3)C2)c(=O)n(C)c1=S. The van der Waals surface area contributed by atoms with Crippen LogP contribution in [0, 0.1) is 4.77 Å². The van der Waals surface area contributed by atoms with E-state index in [2.05, 4.69) is 28.1 Å². The Labute approximate surface area is 185 Å². The molecular formula is C21H18BrN3O2S2. The van der Waals surface area contributed by atoms with E-state index in [4.69, 9.17) is 17.2 Å². The van der Waals surface area contributed by atoms with E-state index in [1.54, 1.807) is 25.9 Å². The second kappa shape index (κ2) is 7.93. The molecule has 29 heavy (non-hydrogen) atoms.